The number of benzene rings is 1. The lowest BCUT2D eigenvalue weighted by Crippen LogP contribution is -2.32. The number of nitrogens with zero attached hydrogens (tertiary/aromatic N) is 2. The second-order valence-corrected chi connectivity index (χ2v) is 7.03. The van der Waals surface area contributed by atoms with E-state index in [4.69, 9.17) is 0 Å². The minimum atomic E-state index is 0.0878. The summed E-state index contributed by atoms with van der Waals surface area (Å²) >= 11 is 3.27. The molecule has 0 N–H and O–H groups in total. The lowest BCUT2D eigenvalue weighted by atomic mass is 10.1. The summed E-state index contributed by atoms with van der Waals surface area (Å²) in [4.78, 5) is 20.3. The molecule has 0 aliphatic rings. The van der Waals surface area contributed by atoms with E-state index in [1.807, 2.05) is 59.8 Å². The molecule has 2 heterocycles. The lowest BCUT2D eigenvalue weighted by molar-refractivity contribution is -0.118. The predicted molar refractivity (Wildman–Crippen MR) is 98.3 cm³/mol. The van der Waals surface area contributed by atoms with Crippen molar-refractivity contribution in [1.82, 2.24) is 4.98 Å². The van der Waals surface area contributed by atoms with E-state index in [2.05, 4.69) is 11.1 Å². The minimum Gasteiger partial charge on any atom is -0.312 e. The summed E-state index contributed by atoms with van der Waals surface area (Å²) in [5.41, 5.74) is 2.93. The number of carbonyl (C=O) groups excluding carboxylic acids is 1. The fourth-order valence-corrected chi connectivity index (χ4v) is 4.13. The summed E-state index contributed by atoms with van der Waals surface area (Å²) in [5.74, 6) is 0.0878. The summed E-state index contributed by atoms with van der Waals surface area (Å²) in [7, 11) is 0. The molecule has 0 saturated heterocycles. The molecule has 0 unspecified atom stereocenters. The average Bonchev–Trinajstić information content (AvgIpc) is 3.21. The number of hydrogen-bond donors (Lipinski definition) is 0. The van der Waals surface area contributed by atoms with Crippen LogP contribution in [0.15, 0.2) is 47.2 Å². The molecule has 0 bridgehead atoms. The third-order valence-corrected chi connectivity index (χ3v) is 5.57. The number of amides is 1. The molecule has 0 fully saturated rings. The zero-order chi connectivity index (χ0) is 16.2. The Morgan fingerprint density at radius 1 is 1.17 bits per heavy atom. The second-order valence-electron chi connectivity index (χ2n) is 5.22. The fourth-order valence-electron chi connectivity index (χ4n) is 2.50. The highest BCUT2D eigenvalue weighted by Crippen LogP contribution is 2.28. The van der Waals surface area contributed by atoms with Crippen molar-refractivity contribution < 1.29 is 4.79 Å². The standard InChI is InChI=1S/C18H18N2OS2/c1-3-20(15-8-5-4-7-13(15)2)17(21)11-14-12-23-18(19-14)16-9-6-10-22-16/h4-10,12H,3,11H2,1-2H3. The molecular formula is C18H18N2OS2. The maximum absolute atomic E-state index is 12.7. The van der Waals surface area contributed by atoms with Crippen LogP contribution in [0.2, 0.25) is 0 Å². The Hall–Kier alpha value is -1.98. The maximum Gasteiger partial charge on any atom is 0.233 e. The predicted octanol–water partition coefficient (Wildman–Crippen LogP) is 4.78. The van der Waals surface area contributed by atoms with E-state index >= 15 is 0 Å². The van der Waals surface area contributed by atoms with E-state index < -0.39 is 0 Å². The number of aromatic nitrogens is 1. The van der Waals surface area contributed by atoms with Gasteiger partial charge in [0.1, 0.15) is 5.01 Å². The molecule has 3 rings (SSSR count). The molecule has 0 atom stereocenters. The smallest absolute Gasteiger partial charge is 0.233 e. The zero-order valence-electron chi connectivity index (χ0n) is 13.2. The van der Waals surface area contributed by atoms with Gasteiger partial charge in [-0.3, -0.25) is 4.79 Å². The van der Waals surface area contributed by atoms with Crippen LogP contribution in [-0.2, 0) is 11.2 Å². The Labute approximate surface area is 144 Å². The number of anilines is 1. The van der Waals surface area contributed by atoms with Gasteiger partial charge in [0.25, 0.3) is 0 Å². The molecule has 5 heteroatoms. The Kier molecular flexibility index (Phi) is 4.88. The monoisotopic (exact) mass is 342 g/mol. The Morgan fingerprint density at radius 3 is 2.70 bits per heavy atom. The van der Waals surface area contributed by atoms with Gasteiger partial charge in [-0.1, -0.05) is 24.3 Å². The number of hydrogen-bond acceptors (Lipinski definition) is 4. The number of rotatable bonds is 5. The quantitative estimate of drug-likeness (QED) is 0.669. The highest BCUT2D eigenvalue weighted by atomic mass is 32.1. The van der Waals surface area contributed by atoms with Gasteiger partial charge in [0.15, 0.2) is 0 Å². The first kappa shape index (κ1) is 15.9. The van der Waals surface area contributed by atoms with Crippen molar-refractivity contribution in [3.8, 4) is 9.88 Å². The van der Waals surface area contributed by atoms with Crippen molar-refractivity contribution in [1.29, 1.82) is 0 Å². The molecule has 2 aromatic heterocycles. The van der Waals surface area contributed by atoms with Gasteiger partial charge in [0.05, 0.1) is 17.0 Å². The molecule has 0 radical (unpaired) electrons. The van der Waals surface area contributed by atoms with Crippen LogP contribution in [0.4, 0.5) is 5.69 Å². The van der Waals surface area contributed by atoms with Crippen LogP contribution in [-0.4, -0.2) is 17.4 Å². The number of carbonyl (C=O) groups is 1. The van der Waals surface area contributed by atoms with E-state index in [-0.39, 0.29) is 5.91 Å². The summed E-state index contributed by atoms with van der Waals surface area (Å²) in [6, 6.07) is 12.1. The number of likely N-dealkylation sites (N-methyl/N-ethyl adjacent to an activating group) is 1. The van der Waals surface area contributed by atoms with Gasteiger partial charge in [-0.15, -0.1) is 22.7 Å². The highest BCUT2D eigenvalue weighted by Gasteiger charge is 2.17. The number of thiophene rings is 1. The van der Waals surface area contributed by atoms with Gasteiger partial charge >= 0.3 is 0 Å². The Morgan fingerprint density at radius 2 is 2.00 bits per heavy atom. The number of para-hydroxylation sites is 1. The van der Waals surface area contributed by atoms with Crippen LogP contribution in [0.3, 0.4) is 0 Å². The van der Waals surface area contributed by atoms with Crippen LogP contribution in [0, 0.1) is 6.92 Å². The molecule has 3 nitrogen and oxygen atoms in total. The molecule has 23 heavy (non-hydrogen) atoms. The number of aryl methyl sites for hydroxylation is 1. The van der Waals surface area contributed by atoms with E-state index in [1.54, 1.807) is 22.7 Å². The molecule has 0 aliphatic carbocycles. The van der Waals surface area contributed by atoms with Gasteiger partial charge in [-0.25, -0.2) is 4.98 Å². The largest absolute Gasteiger partial charge is 0.312 e. The lowest BCUT2D eigenvalue weighted by Gasteiger charge is -2.22. The van der Waals surface area contributed by atoms with Crippen LogP contribution < -0.4 is 4.90 Å². The fraction of sp³-hybridized carbons (Fsp3) is 0.222. The SMILES string of the molecule is CCN(C(=O)Cc1csc(-c2cccs2)n1)c1ccccc1C. The van der Waals surface area contributed by atoms with Gasteiger partial charge in [-0.05, 0) is 36.9 Å². The Bertz CT molecular complexity index is 793. The normalized spacial score (nSPS) is 10.7. The second kappa shape index (κ2) is 7.06. The van der Waals surface area contributed by atoms with E-state index in [0.29, 0.717) is 13.0 Å². The van der Waals surface area contributed by atoms with Crippen molar-refractivity contribution in [3.05, 3.63) is 58.4 Å². The molecule has 118 valence electrons. The van der Waals surface area contributed by atoms with Crippen LogP contribution in [0.5, 0.6) is 0 Å². The Balaban J connectivity index is 1.77. The van der Waals surface area contributed by atoms with Crippen LogP contribution in [0.25, 0.3) is 9.88 Å². The zero-order valence-corrected chi connectivity index (χ0v) is 14.8. The topological polar surface area (TPSA) is 33.2 Å². The molecule has 0 saturated carbocycles. The maximum atomic E-state index is 12.7. The first-order valence-electron chi connectivity index (χ1n) is 7.53. The summed E-state index contributed by atoms with van der Waals surface area (Å²) in [6.07, 6.45) is 0.337. The molecule has 0 spiro atoms. The van der Waals surface area contributed by atoms with E-state index in [9.17, 15) is 4.79 Å². The highest BCUT2D eigenvalue weighted by molar-refractivity contribution is 7.20. The van der Waals surface area contributed by atoms with Crippen molar-refractivity contribution >= 4 is 34.3 Å². The molecule has 3 aromatic rings. The number of thiazole rings is 1. The van der Waals surface area contributed by atoms with E-state index in [1.165, 1.54) is 0 Å². The van der Waals surface area contributed by atoms with E-state index in [0.717, 1.165) is 26.8 Å². The molecule has 1 amide bonds. The van der Waals surface area contributed by atoms with Gasteiger partial charge in [0, 0.05) is 17.6 Å². The third-order valence-electron chi connectivity index (χ3n) is 3.64. The summed E-state index contributed by atoms with van der Waals surface area (Å²) in [5, 5.41) is 5.01. The van der Waals surface area contributed by atoms with Crippen molar-refractivity contribution in [2.45, 2.75) is 20.3 Å². The summed E-state index contributed by atoms with van der Waals surface area (Å²) < 4.78 is 0. The average molecular weight is 342 g/mol. The van der Waals surface area contributed by atoms with Crippen molar-refractivity contribution in [2.24, 2.45) is 0 Å². The van der Waals surface area contributed by atoms with Crippen molar-refractivity contribution in [3.63, 3.8) is 0 Å². The first-order chi connectivity index (χ1) is 11.2. The van der Waals surface area contributed by atoms with Crippen molar-refractivity contribution in [2.75, 3.05) is 11.4 Å². The van der Waals surface area contributed by atoms with Crippen LogP contribution >= 0.6 is 22.7 Å². The first-order valence-corrected chi connectivity index (χ1v) is 9.29. The molecule has 0 aliphatic heterocycles. The molecular weight excluding hydrogens is 324 g/mol. The molecule has 1 aromatic carbocycles. The van der Waals surface area contributed by atoms with Gasteiger partial charge in [-0.2, -0.15) is 0 Å². The van der Waals surface area contributed by atoms with Gasteiger partial charge < -0.3 is 4.90 Å². The third kappa shape index (κ3) is 3.51. The summed E-state index contributed by atoms with van der Waals surface area (Å²) in [6.45, 7) is 4.69. The van der Waals surface area contributed by atoms with Gasteiger partial charge in [0.2, 0.25) is 5.91 Å². The van der Waals surface area contributed by atoms with Crippen LogP contribution in [0.1, 0.15) is 18.2 Å². The minimum absolute atomic E-state index is 0.0878.